The van der Waals surface area contributed by atoms with Crippen molar-refractivity contribution < 1.29 is 24.0 Å². The Kier molecular flexibility index (Phi) is 7.15. The van der Waals surface area contributed by atoms with E-state index in [4.69, 9.17) is 16.3 Å². The van der Waals surface area contributed by atoms with Gasteiger partial charge in [-0.1, -0.05) is 11.6 Å². The van der Waals surface area contributed by atoms with Gasteiger partial charge >= 0.3 is 0 Å². The molecule has 0 saturated carbocycles. The van der Waals surface area contributed by atoms with Crippen LogP contribution in [0.4, 0.5) is 21.9 Å². The van der Waals surface area contributed by atoms with Gasteiger partial charge in [0.05, 0.1) is 23.0 Å². The highest BCUT2D eigenvalue weighted by atomic mass is 35.5. The lowest BCUT2D eigenvalue weighted by molar-refractivity contribution is -0.384. The van der Waals surface area contributed by atoms with Crippen LogP contribution in [0.2, 0.25) is 5.02 Å². The van der Waals surface area contributed by atoms with Crippen molar-refractivity contribution in [2.24, 2.45) is 0 Å². The summed E-state index contributed by atoms with van der Waals surface area (Å²) in [6.45, 7) is 2.45. The van der Waals surface area contributed by atoms with Crippen LogP contribution in [0, 0.1) is 10.1 Å². The second-order valence-corrected chi connectivity index (χ2v) is 8.83. The van der Waals surface area contributed by atoms with Crippen molar-refractivity contribution in [2.75, 3.05) is 43.1 Å². The predicted octanol–water partition coefficient (Wildman–Crippen LogP) is 3.76. The molecule has 2 aliphatic rings. The Morgan fingerprint density at radius 1 is 1.18 bits per heavy atom. The molecule has 0 spiro atoms. The van der Waals surface area contributed by atoms with Crippen molar-refractivity contribution in [2.45, 2.75) is 0 Å². The molecule has 0 unspecified atom stereocenters. The van der Waals surface area contributed by atoms with Gasteiger partial charge in [-0.25, -0.2) is 0 Å². The van der Waals surface area contributed by atoms with Gasteiger partial charge < -0.3 is 15.0 Å². The number of rotatable bonds is 6. The number of nitro groups is 1. The number of nitrogens with one attached hydrogen (secondary N) is 1. The Hall–Kier alpha value is -3.41. The topological polar surface area (TPSA) is 122 Å². The summed E-state index contributed by atoms with van der Waals surface area (Å²) < 4.78 is 5.34. The van der Waals surface area contributed by atoms with E-state index in [9.17, 15) is 24.5 Å². The minimum Gasteiger partial charge on any atom is -0.378 e. The molecular weight excluding hydrogens is 484 g/mol. The molecule has 2 heterocycles. The maximum absolute atomic E-state index is 12.7. The van der Waals surface area contributed by atoms with Crippen LogP contribution in [0.5, 0.6) is 0 Å². The second-order valence-electron chi connectivity index (χ2n) is 7.43. The first kappa shape index (κ1) is 23.7. The highest BCUT2D eigenvalue weighted by molar-refractivity contribution is 8.18. The number of amides is 3. The zero-order valence-electron chi connectivity index (χ0n) is 17.7. The van der Waals surface area contributed by atoms with E-state index < -0.39 is 28.5 Å². The number of hydrogen-bond acceptors (Lipinski definition) is 8. The van der Waals surface area contributed by atoms with Gasteiger partial charge in [0, 0.05) is 47.2 Å². The molecular formula is C22H19ClN4O6S. The minimum atomic E-state index is -0.671. The van der Waals surface area contributed by atoms with Gasteiger partial charge in [0.15, 0.2) is 0 Å². The van der Waals surface area contributed by atoms with Crippen LogP contribution in [0.25, 0.3) is 6.08 Å². The first-order valence-electron chi connectivity index (χ1n) is 10.2. The molecule has 176 valence electrons. The summed E-state index contributed by atoms with van der Waals surface area (Å²) in [5.74, 6) is -1.20. The number of benzene rings is 2. The zero-order valence-corrected chi connectivity index (χ0v) is 19.3. The second kappa shape index (κ2) is 10.2. The van der Waals surface area contributed by atoms with Gasteiger partial charge in [-0.15, -0.1) is 0 Å². The molecule has 4 rings (SSSR count). The Labute approximate surface area is 203 Å². The van der Waals surface area contributed by atoms with Crippen molar-refractivity contribution in [1.82, 2.24) is 4.90 Å². The molecule has 2 fully saturated rings. The molecule has 0 aromatic heterocycles. The van der Waals surface area contributed by atoms with E-state index in [1.807, 2.05) is 12.1 Å². The molecule has 10 nitrogen and oxygen atoms in total. The number of carbonyl (C=O) groups excluding carboxylic acids is 3. The zero-order chi connectivity index (χ0) is 24.2. The van der Waals surface area contributed by atoms with Gasteiger partial charge in [0.25, 0.3) is 16.8 Å². The number of anilines is 2. The maximum atomic E-state index is 12.7. The molecule has 2 aromatic rings. The number of non-ortho nitro benzene ring substituents is 1. The lowest BCUT2D eigenvalue weighted by atomic mass is 10.2. The van der Waals surface area contributed by atoms with Crippen molar-refractivity contribution in [3.05, 3.63) is 68.1 Å². The Morgan fingerprint density at radius 3 is 2.56 bits per heavy atom. The van der Waals surface area contributed by atoms with Crippen molar-refractivity contribution in [3.8, 4) is 0 Å². The van der Waals surface area contributed by atoms with E-state index in [1.165, 1.54) is 24.3 Å². The Bertz CT molecular complexity index is 1180. The third-order valence-electron chi connectivity index (χ3n) is 5.18. The molecule has 2 aliphatic heterocycles. The van der Waals surface area contributed by atoms with Crippen molar-refractivity contribution in [3.63, 3.8) is 0 Å². The van der Waals surface area contributed by atoms with Crippen LogP contribution in [0.3, 0.4) is 0 Å². The molecule has 2 saturated heterocycles. The van der Waals surface area contributed by atoms with Gasteiger partial charge in [0.2, 0.25) is 5.91 Å². The summed E-state index contributed by atoms with van der Waals surface area (Å²) in [7, 11) is 0. The minimum absolute atomic E-state index is 0.0232. The average Bonchev–Trinajstić information content (AvgIpc) is 3.08. The number of nitro benzene ring substituents is 1. The third-order valence-corrected chi connectivity index (χ3v) is 6.43. The summed E-state index contributed by atoms with van der Waals surface area (Å²) >= 11 is 6.72. The molecule has 0 atom stereocenters. The highest BCUT2D eigenvalue weighted by Gasteiger charge is 2.36. The quantitative estimate of drug-likeness (QED) is 0.360. The normalized spacial score (nSPS) is 17.4. The molecule has 0 bridgehead atoms. The molecule has 3 amide bonds. The van der Waals surface area contributed by atoms with Crippen molar-refractivity contribution >= 4 is 63.6 Å². The van der Waals surface area contributed by atoms with Crippen LogP contribution >= 0.6 is 23.4 Å². The number of nitrogens with zero attached hydrogens (tertiary/aromatic N) is 3. The standard InChI is InChI=1S/C22H19ClN4O6S/c23-18-6-5-17(27(31)32)11-14(18)12-19-21(29)26(22(30)34-19)13-20(28)24-15-1-3-16(4-2-15)25-7-9-33-10-8-25/h1-6,11-12H,7-10,13H2,(H,24,28)/b19-12-. The smallest absolute Gasteiger partial charge is 0.294 e. The Balaban J connectivity index is 1.40. The Morgan fingerprint density at radius 2 is 1.88 bits per heavy atom. The van der Waals surface area contributed by atoms with Gasteiger partial charge in [0.1, 0.15) is 6.54 Å². The molecule has 12 heteroatoms. The fourth-order valence-electron chi connectivity index (χ4n) is 3.45. The van der Waals surface area contributed by atoms with Crippen LogP contribution in [-0.4, -0.2) is 59.7 Å². The lowest BCUT2D eigenvalue weighted by Crippen LogP contribution is -2.36. The first-order chi connectivity index (χ1) is 16.3. The number of morpholine rings is 1. The van der Waals surface area contributed by atoms with Crippen LogP contribution in [0.15, 0.2) is 47.4 Å². The summed E-state index contributed by atoms with van der Waals surface area (Å²) in [6.07, 6.45) is 1.31. The molecule has 34 heavy (non-hydrogen) atoms. The molecule has 0 radical (unpaired) electrons. The van der Waals surface area contributed by atoms with E-state index in [-0.39, 0.29) is 21.2 Å². The molecule has 1 N–H and O–H groups in total. The predicted molar refractivity (Wildman–Crippen MR) is 129 cm³/mol. The number of hydrogen-bond donors (Lipinski definition) is 1. The average molecular weight is 503 g/mol. The van der Waals surface area contributed by atoms with E-state index in [0.717, 1.165) is 23.7 Å². The largest absolute Gasteiger partial charge is 0.378 e. The summed E-state index contributed by atoms with van der Waals surface area (Å²) in [6, 6.07) is 11.1. The van der Waals surface area contributed by atoms with Gasteiger partial charge in [-0.05, 0) is 48.2 Å². The number of thioether (sulfide) groups is 1. The fourth-order valence-corrected chi connectivity index (χ4v) is 4.46. The molecule has 0 aliphatic carbocycles. The van der Waals surface area contributed by atoms with Crippen LogP contribution in [-0.2, 0) is 14.3 Å². The number of carbonyl (C=O) groups is 3. The van der Waals surface area contributed by atoms with E-state index in [1.54, 1.807) is 12.1 Å². The van der Waals surface area contributed by atoms with Crippen molar-refractivity contribution in [1.29, 1.82) is 0 Å². The number of imide groups is 1. The third kappa shape index (κ3) is 5.38. The highest BCUT2D eigenvalue weighted by Crippen LogP contribution is 2.34. The van der Waals surface area contributed by atoms with Gasteiger partial charge in [-0.3, -0.25) is 29.4 Å². The number of halogens is 1. The summed E-state index contributed by atoms with van der Waals surface area (Å²) in [5, 5.41) is 13.3. The van der Waals surface area contributed by atoms with Crippen LogP contribution < -0.4 is 10.2 Å². The lowest BCUT2D eigenvalue weighted by Gasteiger charge is -2.28. The number of ether oxygens (including phenoxy) is 1. The SMILES string of the molecule is O=C(CN1C(=O)S/C(=C\c2cc([N+](=O)[O-])ccc2Cl)C1=O)Nc1ccc(N2CCOCC2)cc1. The monoisotopic (exact) mass is 502 g/mol. The maximum Gasteiger partial charge on any atom is 0.294 e. The first-order valence-corrected chi connectivity index (χ1v) is 11.4. The van der Waals surface area contributed by atoms with E-state index >= 15 is 0 Å². The van der Waals surface area contributed by atoms with E-state index in [0.29, 0.717) is 30.7 Å². The summed E-state index contributed by atoms with van der Waals surface area (Å²) in [5.41, 5.74) is 1.57. The molecule has 2 aromatic carbocycles. The summed E-state index contributed by atoms with van der Waals surface area (Å²) in [4.78, 5) is 50.9. The van der Waals surface area contributed by atoms with Gasteiger partial charge in [-0.2, -0.15) is 0 Å². The fraction of sp³-hybridized carbons (Fsp3) is 0.227. The van der Waals surface area contributed by atoms with Crippen LogP contribution in [0.1, 0.15) is 5.56 Å². The van der Waals surface area contributed by atoms with E-state index in [2.05, 4.69) is 10.2 Å².